The third-order valence-electron chi connectivity index (χ3n) is 3.84. The van der Waals surface area contributed by atoms with Crippen molar-refractivity contribution < 1.29 is 23.1 Å². The second kappa shape index (κ2) is 6.95. The molecule has 0 aliphatic rings. The molecule has 6 heteroatoms. The number of nitrogens with two attached hydrogens (primary N) is 1. The van der Waals surface area contributed by atoms with Crippen LogP contribution in [0.25, 0.3) is 11.1 Å². The minimum atomic E-state index is -4.47. The molecule has 0 atom stereocenters. The van der Waals surface area contributed by atoms with Crippen molar-refractivity contribution >= 4 is 11.7 Å². The van der Waals surface area contributed by atoms with Gasteiger partial charge in [-0.15, -0.1) is 0 Å². The van der Waals surface area contributed by atoms with Crippen molar-refractivity contribution in [2.75, 3.05) is 5.73 Å². The summed E-state index contributed by atoms with van der Waals surface area (Å²) in [5, 5.41) is 9.23. The van der Waals surface area contributed by atoms with Gasteiger partial charge in [-0.1, -0.05) is 31.5 Å². The van der Waals surface area contributed by atoms with Gasteiger partial charge in [0.1, 0.15) is 0 Å². The highest BCUT2D eigenvalue weighted by Crippen LogP contribution is 2.37. The lowest BCUT2D eigenvalue weighted by molar-refractivity contribution is -0.137. The monoisotopic (exact) mass is 337 g/mol. The number of anilines is 1. The number of carboxylic acids is 1. The number of aromatic carboxylic acids is 1. The summed E-state index contributed by atoms with van der Waals surface area (Å²) < 4.78 is 38.9. The van der Waals surface area contributed by atoms with Crippen molar-refractivity contribution in [3.8, 4) is 11.1 Å². The van der Waals surface area contributed by atoms with E-state index in [1.807, 2.05) is 6.92 Å². The molecule has 0 aliphatic heterocycles. The summed E-state index contributed by atoms with van der Waals surface area (Å²) in [6, 6.07) is 7.83. The van der Waals surface area contributed by atoms with Crippen LogP contribution in [0.2, 0.25) is 0 Å². The van der Waals surface area contributed by atoms with Gasteiger partial charge in [-0.3, -0.25) is 0 Å². The van der Waals surface area contributed by atoms with E-state index in [2.05, 4.69) is 0 Å². The van der Waals surface area contributed by atoms with E-state index in [1.54, 1.807) is 6.07 Å². The molecule has 0 radical (unpaired) electrons. The maximum atomic E-state index is 13.0. The molecule has 0 saturated heterocycles. The van der Waals surface area contributed by atoms with Gasteiger partial charge in [-0.05, 0) is 42.2 Å². The molecule has 0 fully saturated rings. The minimum Gasteiger partial charge on any atom is -0.478 e. The molecule has 2 rings (SSSR count). The number of halogens is 3. The molecule has 0 bridgehead atoms. The van der Waals surface area contributed by atoms with Gasteiger partial charge < -0.3 is 10.8 Å². The number of hydrogen-bond acceptors (Lipinski definition) is 2. The fourth-order valence-corrected chi connectivity index (χ4v) is 2.62. The Bertz CT molecular complexity index is 754. The van der Waals surface area contributed by atoms with Crippen molar-refractivity contribution in [3.63, 3.8) is 0 Å². The number of carboxylic acid groups (broad SMARTS) is 1. The van der Waals surface area contributed by atoms with E-state index in [9.17, 15) is 23.1 Å². The van der Waals surface area contributed by atoms with Crippen molar-refractivity contribution in [1.82, 2.24) is 0 Å². The molecule has 128 valence electrons. The SMILES string of the molecule is CCCCc1ccc(C(=O)O)c(N)c1-c1cccc(C(F)(F)F)c1. The lowest BCUT2D eigenvalue weighted by Crippen LogP contribution is -2.08. The summed E-state index contributed by atoms with van der Waals surface area (Å²) in [5.41, 5.74) is 6.48. The number of aryl methyl sites for hydroxylation is 1. The topological polar surface area (TPSA) is 63.3 Å². The standard InChI is InChI=1S/C18H18F3NO2/c1-2-3-5-11-8-9-14(17(23)24)16(22)15(11)12-6-4-7-13(10-12)18(19,20)21/h4,6-10H,2-3,5,22H2,1H3,(H,23,24). The highest BCUT2D eigenvalue weighted by Gasteiger charge is 2.31. The van der Waals surface area contributed by atoms with Gasteiger partial charge in [0.05, 0.1) is 16.8 Å². The molecular weight excluding hydrogens is 319 g/mol. The Morgan fingerprint density at radius 3 is 2.50 bits per heavy atom. The Morgan fingerprint density at radius 2 is 1.92 bits per heavy atom. The smallest absolute Gasteiger partial charge is 0.416 e. The van der Waals surface area contributed by atoms with E-state index < -0.39 is 17.7 Å². The van der Waals surface area contributed by atoms with Crippen molar-refractivity contribution in [1.29, 1.82) is 0 Å². The first-order valence-electron chi connectivity index (χ1n) is 7.58. The normalized spacial score (nSPS) is 11.5. The molecule has 0 saturated carbocycles. The minimum absolute atomic E-state index is 0.00423. The first-order chi connectivity index (χ1) is 11.3. The zero-order valence-electron chi connectivity index (χ0n) is 13.2. The predicted octanol–water partition coefficient (Wildman–Crippen LogP) is 5.00. The molecular formula is C18H18F3NO2. The van der Waals surface area contributed by atoms with Gasteiger partial charge in [0, 0.05) is 5.56 Å². The first kappa shape index (κ1) is 17.8. The number of hydrogen-bond donors (Lipinski definition) is 2. The zero-order valence-corrected chi connectivity index (χ0v) is 13.2. The van der Waals surface area contributed by atoms with Crippen LogP contribution < -0.4 is 5.73 Å². The Kier molecular flexibility index (Phi) is 5.17. The van der Waals surface area contributed by atoms with Crippen LogP contribution in [0.15, 0.2) is 36.4 Å². The second-order valence-electron chi connectivity index (χ2n) is 5.55. The molecule has 24 heavy (non-hydrogen) atoms. The third-order valence-corrected chi connectivity index (χ3v) is 3.84. The summed E-state index contributed by atoms with van der Waals surface area (Å²) in [6.45, 7) is 2.00. The number of rotatable bonds is 5. The molecule has 3 nitrogen and oxygen atoms in total. The van der Waals surface area contributed by atoms with E-state index in [0.29, 0.717) is 12.0 Å². The fraction of sp³-hybridized carbons (Fsp3) is 0.278. The maximum Gasteiger partial charge on any atom is 0.416 e. The average Bonchev–Trinajstić information content (AvgIpc) is 2.51. The Labute approximate surface area is 137 Å². The van der Waals surface area contributed by atoms with Gasteiger partial charge in [0.15, 0.2) is 0 Å². The van der Waals surface area contributed by atoms with Gasteiger partial charge >= 0.3 is 12.1 Å². The van der Waals surface area contributed by atoms with Crippen LogP contribution in [0.5, 0.6) is 0 Å². The van der Waals surface area contributed by atoms with Gasteiger partial charge in [-0.25, -0.2) is 4.79 Å². The van der Waals surface area contributed by atoms with E-state index >= 15 is 0 Å². The fourth-order valence-electron chi connectivity index (χ4n) is 2.62. The lowest BCUT2D eigenvalue weighted by Gasteiger charge is -2.16. The van der Waals surface area contributed by atoms with Gasteiger partial charge in [-0.2, -0.15) is 13.2 Å². The van der Waals surface area contributed by atoms with Crippen LogP contribution in [0, 0.1) is 0 Å². The lowest BCUT2D eigenvalue weighted by atomic mass is 9.91. The number of unbranched alkanes of at least 4 members (excludes halogenated alkanes) is 1. The Balaban J connectivity index is 2.66. The second-order valence-corrected chi connectivity index (χ2v) is 5.55. The van der Waals surface area contributed by atoms with E-state index in [1.165, 1.54) is 18.2 Å². The van der Waals surface area contributed by atoms with Crippen LogP contribution in [-0.2, 0) is 12.6 Å². The average molecular weight is 337 g/mol. The van der Waals surface area contributed by atoms with E-state index in [0.717, 1.165) is 30.5 Å². The molecule has 0 amide bonds. The molecule has 2 aromatic rings. The summed E-state index contributed by atoms with van der Waals surface area (Å²) in [5.74, 6) is -1.21. The molecule has 0 heterocycles. The van der Waals surface area contributed by atoms with Crippen LogP contribution >= 0.6 is 0 Å². The Morgan fingerprint density at radius 1 is 1.21 bits per heavy atom. The summed E-state index contributed by atoms with van der Waals surface area (Å²) in [6.07, 6.45) is -2.12. The van der Waals surface area contributed by atoms with Crippen LogP contribution in [0.3, 0.4) is 0 Å². The Hall–Kier alpha value is -2.50. The maximum absolute atomic E-state index is 13.0. The highest BCUT2D eigenvalue weighted by atomic mass is 19.4. The molecule has 0 unspecified atom stereocenters. The number of alkyl halides is 3. The molecule has 0 aliphatic carbocycles. The van der Waals surface area contributed by atoms with Gasteiger partial charge in [0.25, 0.3) is 0 Å². The first-order valence-corrected chi connectivity index (χ1v) is 7.58. The summed E-state index contributed by atoms with van der Waals surface area (Å²) >= 11 is 0. The molecule has 3 N–H and O–H groups in total. The van der Waals surface area contributed by atoms with Crippen LogP contribution in [-0.4, -0.2) is 11.1 Å². The molecule has 0 aromatic heterocycles. The predicted molar refractivity (Wildman–Crippen MR) is 86.9 cm³/mol. The summed E-state index contributed by atoms with van der Waals surface area (Å²) in [7, 11) is 0. The van der Waals surface area contributed by atoms with Crippen molar-refractivity contribution in [2.24, 2.45) is 0 Å². The summed E-state index contributed by atoms with van der Waals surface area (Å²) in [4.78, 5) is 11.3. The third kappa shape index (κ3) is 3.69. The number of nitrogen functional groups attached to an aromatic ring is 1. The van der Waals surface area contributed by atoms with Crippen molar-refractivity contribution in [3.05, 3.63) is 53.1 Å². The van der Waals surface area contributed by atoms with Crippen LogP contribution in [0.4, 0.5) is 18.9 Å². The largest absolute Gasteiger partial charge is 0.478 e. The molecule has 2 aromatic carbocycles. The van der Waals surface area contributed by atoms with Crippen molar-refractivity contribution in [2.45, 2.75) is 32.4 Å². The number of carbonyl (C=O) groups is 1. The van der Waals surface area contributed by atoms with E-state index in [4.69, 9.17) is 5.73 Å². The highest BCUT2D eigenvalue weighted by molar-refractivity contribution is 5.99. The van der Waals surface area contributed by atoms with Gasteiger partial charge in [0.2, 0.25) is 0 Å². The molecule has 0 spiro atoms. The van der Waals surface area contributed by atoms with E-state index in [-0.39, 0.29) is 16.8 Å². The zero-order chi connectivity index (χ0) is 17.9. The quantitative estimate of drug-likeness (QED) is 0.755. The van der Waals surface area contributed by atoms with Crippen LogP contribution in [0.1, 0.15) is 41.3 Å². The number of benzene rings is 2.